The van der Waals surface area contributed by atoms with Crippen LogP contribution in [0.3, 0.4) is 0 Å². The number of aryl methyl sites for hydroxylation is 1. The molecule has 1 unspecified atom stereocenters. The number of hydrogen-bond donors (Lipinski definition) is 1. The third kappa shape index (κ3) is 5.01. The Morgan fingerprint density at radius 2 is 1.89 bits per heavy atom. The van der Waals surface area contributed by atoms with E-state index in [1.54, 1.807) is 13.8 Å². The predicted molar refractivity (Wildman–Crippen MR) is 104 cm³/mol. The first-order chi connectivity index (χ1) is 12.9. The molecule has 0 spiro atoms. The van der Waals surface area contributed by atoms with E-state index in [0.29, 0.717) is 29.8 Å². The Morgan fingerprint density at radius 1 is 1.25 bits per heavy atom. The molecule has 1 aromatic rings. The molecule has 0 bridgehead atoms. The molecular formula is C19H28N2O6S. The number of aromatic amines is 1. The minimum absolute atomic E-state index is 0.0592. The van der Waals surface area contributed by atoms with Crippen molar-refractivity contribution < 1.29 is 27.5 Å². The van der Waals surface area contributed by atoms with Crippen molar-refractivity contribution in [3.8, 4) is 0 Å². The number of carbonyl (C=O) groups is 3. The van der Waals surface area contributed by atoms with E-state index in [4.69, 9.17) is 4.74 Å². The van der Waals surface area contributed by atoms with Crippen molar-refractivity contribution in [1.29, 1.82) is 0 Å². The topological polar surface area (TPSA) is 114 Å². The summed E-state index contributed by atoms with van der Waals surface area (Å²) in [5.74, 6) is -1.15. The van der Waals surface area contributed by atoms with Crippen LogP contribution in [0.4, 0.5) is 0 Å². The number of carbonyl (C=O) groups excluding carboxylic acids is 3. The average Bonchev–Trinajstić information content (AvgIpc) is 3.08. The molecule has 156 valence electrons. The molecule has 2 heterocycles. The highest BCUT2D eigenvalue weighted by molar-refractivity contribution is 7.91. The Morgan fingerprint density at radius 3 is 2.36 bits per heavy atom. The smallest absolute Gasteiger partial charge is 0.355 e. The molecule has 1 N–H and O–H groups in total. The molecule has 0 radical (unpaired) electrons. The Hall–Kier alpha value is -2.16. The molecule has 1 aliphatic heterocycles. The van der Waals surface area contributed by atoms with E-state index < -0.39 is 34.4 Å². The third-order valence-electron chi connectivity index (χ3n) is 4.85. The van der Waals surface area contributed by atoms with Gasteiger partial charge in [-0.3, -0.25) is 9.59 Å². The summed E-state index contributed by atoms with van der Waals surface area (Å²) in [6, 6.07) is -0.391. The lowest BCUT2D eigenvalue weighted by Gasteiger charge is -2.29. The molecule has 0 aliphatic carbocycles. The molecule has 9 heteroatoms. The van der Waals surface area contributed by atoms with Gasteiger partial charge in [0.2, 0.25) is 0 Å². The van der Waals surface area contributed by atoms with Crippen molar-refractivity contribution in [3.63, 3.8) is 0 Å². The van der Waals surface area contributed by atoms with E-state index in [2.05, 4.69) is 4.98 Å². The van der Waals surface area contributed by atoms with E-state index in [1.807, 2.05) is 13.8 Å². The number of ketones is 1. The fourth-order valence-corrected chi connectivity index (χ4v) is 5.36. The number of hydrogen-bond acceptors (Lipinski definition) is 6. The summed E-state index contributed by atoms with van der Waals surface area (Å²) in [5, 5.41) is 0. The maximum Gasteiger partial charge on any atom is 0.355 e. The van der Waals surface area contributed by atoms with Crippen molar-refractivity contribution in [1.82, 2.24) is 9.88 Å². The summed E-state index contributed by atoms with van der Waals surface area (Å²) in [4.78, 5) is 41.1. The number of ether oxygens (including phenoxy) is 1. The lowest BCUT2D eigenvalue weighted by molar-refractivity contribution is -0.137. The summed E-state index contributed by atoms with van der Waals surface area (Å²) in [6.07, 6.45) is 0.394. The minimum atomic E-state index is -3.14. The largest absolute Gasteiger partial charge is 0.451 e. The number of nitrogens with one attached hydrogen (secondary N) is 1. The van der Waals surface area contributed by atoms with Crippen molar-refractivity contribution in [2.45, 2.75) is 47.1 Å². The van der Waals surface area contributed by atoms with E-state index in [9.17, 15) is 22.8 Å². The van der Waals surface area contributed by atoms with Gasteiger partial charge in [-0.05, 0) is 38.7 Å². The van der Waals surface area contributed by atoms with Crippen molar-refractivity contribution in [2.24, 2.45) is 5.92 Å². The van der Waals surface area contributed by atoms with Gasteiger partial charge in [0.15, 0.2) is 22.2 Å². The molecule has 8 nitrogen and oxygen atoms in total. The van der Waals surface area contributed by atoms with Crippen LogP contribution in [-0.4, -0.2) is 66.7 Å². The summed E-state index contributed by atoms with van der Waals surface area (Å²) < 4.78 is 28.7. The Kier molecular flexibility index (Phi) is 6.69. The van der Waals surface area contributed by atoms with Crippen LogP contribution in [0.2, 0.25) is 0 Å². The molecule has 1 atom stereocenters. The van der Waals surface area contributed by atoms with Gasteiger partial charge in [0.25, 0.3) is 5.91 Å². The maximum absolute atomic E-state index is 12.7. The van der Waals surface area contributed by atoms with Crippen molar-refractivity contribution in [2.75, 3.05) is 24.7 Å². The number of Topliss-reactive ketones (excluding diaryl/α,β-unsaturated/α-hetero) is 1. The third-order valence-corrected chi connectivity index (χ3v) is 6.60. The number of esters is 1. The molecule has 1 saturated heterocycles. The van der Waals surface area contributed by atoms with Crippen LogP contribution in [0.1, 0.15) is 59.3 Å². The summed E-state index contributed by atoms with van der Waals surface area (Å²) >= 11 is 0. The zero-order valence-corrected chi connectivity index (χ0v) is 17.8. The summed E-state index contributed by atoms with van der Waals surface area (Å²) in [5.41, 5.74) is 1.65. The van der Waals surface area contributed by atoms with Gasteiger partial charge < -0.3 is 14.6 Å². The number of nitrogens with zero attached hydrogens (tertiary/aromatic N) is 1. The zero-order valence-electron chi connectivity index (χ0n) is 17.0. The van der Waals surface area contributed by atoms with Gasteiger partial charge in [0, 0.05) is 23.8 Å². The van der Waals surface area contributed by atoms with Crippen LogP contribution in [0.15, 0.2) is 0 Å². The van der Waals surface area contributed by atoms with Gasteiger partial charge >= 0.3 is 5.97 Å². The standard InChI is InChI=1S/C19H28N2O6S/c1-11(2)8-21(15-6-7-28(25,26)10-15)16(23)9-27-19(24)18-12(3)17(14(5)22)13(4)20-18/h11,15,20H,6-10H2,1-5H3. The van der Waals surface area contributed by atoms with E-state index in [-0.39, 0.29) is 28.9 Å². The lowest BCUT2D eigenvalue weighted by atomic mass is 10.1. The number of sulfone groups is 1. The second-order valence-electron chi connectivity index (χ2n) is 7.75. The first-order valence-electron chi connectivity index (χ1n) is 9.30. The molecule has 28 heavy (non-hydrogen) atoms. The van der Waals surface area contributed by atoms with Crippen LogP contribution >= 0.6 is 0 Å². The van der Waals surface area contributed by atoms with Gasteiger partial charge in [0.05, 0.1) is 11.5 Å². The van der Waals surface area contributed by atoms with E-state index >= 15 is 0 Å². The molecule has 2 rings (SSSR count). The van der Waals surface area contributed by atoms with E-state index in [1.165, 1.54) is 11.8 Å². The highest BCUT2D eigenvalue weighted by Crippen LogP contribution is 2.21. The SMILES string of the molecule is CC(=O)c1c(C)[nH]c(C(=O)OCC(=O)N(CC(C)C)C2CCS(=O)(=O)C2)c1C. The predicted octanol–water partition coefficient (Wildman–Crippen LogP) is 1.66. The van der Waals surface area contributed by atoms with Crippen molar-refractivity contribution >= 4 is 27.5 Å². The lowest BCUT2D eigenvalue weighted by Crippen LogP contribution is -2.45. The normalized spacial score (nSPS) is 18.3. The first kappa shape index (κ1) is 22.1. The second-order valence-corrected chi connectivity index (χ2v) is 9.98. The number of H-pyrrole nitrogens is 1. The van der Waals surface area contributed by atoms with Crippen LogP contribution in [0, 0.1) is 19.8 Å². The van der Waals surface area contributed by atoms with Crippen LogP contribution in [0.25, 0.3) is 0 Å². The highest BCUT2D eigenvalue weighted by atomic mass is 32.2. The van der Waals surface area contributed by atoms with Crippen LogP contribution in [0.5, 0.6) is 0 Å². The molecule has 1 amide bonds. The maximum atomic E-state index is 12.7. The fourth-order valence-electron chi connectivity index (χ4n) is 3.63. The Balaban J connectivity index is 2.09. The number of rotatable bonds is 7. The average molecular weight is 413 g/mol. The second kappa shape index (κ2) is 8.46. The Bertz CT molecular complexity index is 884. The highest BCUT2D eigenvalue weighted by Gasteiger charge is 2.35. The molecular weight excluding hydrogens is 384 g/mol. The Labute approximate surface area is 165 Å². The van der Waals surface area contributed by atoms with Gasteiger partial charge in [-0.2, -0.15) is 0 Å². The summed E-state index contributed by atoms with van der Waals surface area (Å²) in [6.45, 7) is 8.54. The zero-order chi connectivity index (χ0) is 21.2. The molecule has 1 fully saturated rings. The number of amides is 1. The molecule has 0 saturated carbocycles. The number of aromatic nitrogens is 1. The van der Waals surface area contributed by atoms with Gasteiger partial charge in [-0.25, -0.2) is 13.2 Å². The molecule has 0 aromatic carbocycles. The van der Waals surface area contributed by atoms with Crippen LogP contribution < -0.4 is 0 Å². The van der Waals surface area contributed by atoms with E-state index in [0.717, 1.165) is 0 Å². The molecule has 1 aliphatic rings. The molecule has 1 aromatic heterocycles. The van der Waals surface area contributed by atoms with Gasteiger partial charge in [-0.15, -0.1) is 0 Å². The minimum Gasteiger partial charge on any atom is -0.451 e. The first-order valence-corrected chi connectivity index (χ1v) is 11.1. The monoisotopic (exact) mass is 412 g/mol. The van der Waals surface area contributed by atoms with Gasteiger partial charge in [0.1, 0.15) is 5.69 Å². The fraction of sp³-hybridized carbons (Fsp3) is 0.632. The van der Waals surface area contributed by atoms with Crippen LogP contribution in [-0.2, 0) is 19.4 Å². The summed E-state index contributed by atoms with van der Waals surface area (Å²) in [7, 11) is -3.14. The van der Waals surface area contributed by atoms with Crippen molar-refractivity contribution in [3.05, 3.63) is 22.5 Å². The van der Waals surface area contributed by atoms with Gasteiger partial charge in [-0.1, -0.05) is 13.8 Å². The quantitative estimate of drug-likeness (QED) is 0.538.